The Morgan fingerprint density at radius 2 is 1.09 bits per heavy atom. The summed E-state index contributed by atoms with van der Waals surface area (Å²) in [6, 6.07) is 63.7. The monoisotopic (exact) mass is 777 g/mol. The minimum atomic E-state index is -0.278. The van der Waals surface area contributed by atoms with E-state index in [0.717, 1.165) is 39.3 Å². The average molecular weight is 778 g/mol. The summed E-state index contributed by atoms with van der Waals surface area (Å²) in [5.74, 6) is 0.764. The molecule has 0 saturated carbocycles. The summed E-state index contributed by atoms with van der Waals surface area (Å²) in [6.45, 7) is 0. The highest BCUT2D eigenvalue weighted by Crippen LogP contribution is 2.43. The first-order valence-corrected chi connectivity index (χ1v) is 21.2. The van der Waals surface area contributed by atoms with E-state index in [2.05, 4.69) is 168 Å². The Morgan fingerprint density at radius 3 is 1.88 bits per heavy atom. The molecule has 1 aliphatic heterocycles. The second kappa shape index (κ2) is 12.3. The fourth-order valence-electron chi connectivity index (χ4n) is 9.13. The molecule has 1 atom stereocenters. The quantitative estimate of drug-likeness (QED) is 0.193. The van der Waals surface area contributed by atoms with E-state index in [4.69, 9.17) is 9.41 Å². The standard InChI is InChI=1S/C52H31N3OS2/c1-2-10-30(11-3-1)50-49-39-14-6-9-17-44(39)56-52(49)54-51(53-50)33-19-23-37-40-26-31(20-24-45(40)57-48(37)28-33)32-18-22-38-41-29-34(21-25-46(41)58-47(38)27-32)55-42-15-7-4-12-35(42)36-13-5-8-16-43(36)55/h1-29,51,54H. The van der Waals surface area contributed by atoms with Gasteiger partial charge in [0.1, 0.15) is 11.7 Å². The molecule has 8 aromatic carbocycles. The van der Waals surface area contributed by atoms with Crippen molar-refractivity contribution < 1.29 is 4.42 Å². The molecule has 13 rings (SSSR count). The first kappa shape index (κ1) is 32.1. The SMILES string of the molecule is c1ccc(C2=NC(c3ccc4c(c3)sc3ccc(-c5ccc6c(c5)sc5ccc(-n7c8ccccc8c8ccccc87)cc56)cc34)Nc3oc4ccccc4c32)cc1. The molecule has 5 heterocycles. The highest BCUT2D eigenvalue weighted by atomic mass is 32.1. The highest BCUT2D eigenvalue weighted by Gasteiger charge is 2.28. The van der Waals surface area contributed by atoms with Gasteiger partial charge in [-0.25, -0.2) is 0 Å². The van der Waals surface area contributed by atoms with Gasteiger partial charge in [-0.15, -0.1) is 22.7 Å². The lowest BCUT2D eigenvalue weighted by molar-refractivity contribution is 0.609. The van der Waals surface area contributed by atoms with Crippen LogP contribution in [-0.2, 0) is 0 Å². The summed E-state index contributed by atoms with van der Waals surface area (Å²) in [5.41, 5.74) is 11.1. The number of aromatic nitrogens is 1. The van der Waals surface area contributed by atoms with Crippen LogP contribution in [-0.4, -0.2) is 10.3 Å². The normalized spacial score (nSPS) is 14.3. The van der Waals surface area contributed by atoms with Gasteiger partial charge in [0.2, 0.25) is 5.88 Å². The van der Waals surface area contributed by atoms with Gasteiger partial charge in [0, 0.05) is 67.8 Å². The Hall–Kier alpha value is -6.99. The Balaban J connectivity index is 0.868. The zero-order chi connectivity index (χ0) is 37.9. The van der Waals surface area contributed by atoms with Crippen molar-refractivity contribution in [2.24, 2.45) is 4.99 Å². The van der Waals surface area contributed by atoms with Crippen molar-refractivity contribution in [3.8, 4) is 16.8 Å². The number of hydrogen-bond donors (Lipinski definition) is 1. The Morgan fingerprint density at radius 1 is 0.466 bits per heavy atom. The van der Waals surface area contributed by atoms with Crippen molar-refractivity contribution in [1.29, 1.82) is 0 Å². The largest absolute Gasteiger partial charge is 0.440 e. The van der Waals surface area contributed by atoms with Crippen molar-refractivity contribution in [2.45, 2.75) is 6.17 Å². The molecule has 0 radical (unpaired) electrons. The summed E-state index contributed by atoms with van der Waals surface area (Å²) in [4.78, 5) is 5.33. The number of nitrogens with one attached hydrogen (secondary N) is 1. The van der Waals surface area contributed by atoms with Gasteiger partial charge in [0.25, 0.3) is 0 Å². The van der Waals surface area contributed by atoms with Gasteiger partial charge < -0.3 is 14.3 Å². The Bertz CT molecular complexity index is 3620. The van der Waals surface area contributed by atoms with Gasteiger partial charge >= 0.3 is 0 Å². The predicted octanol–water partition coefficient (Wildman–Crippen LogP) is 14.9. The molecule has 0 fully saturated rings. The number of aliphatic imine (C=N–C) groups is 1. The van der Waals surface area contributed by atoms with Crippen LogP contribution in [0, 0.1) is 0 Å². The summed E-state index contributed by atoms with van der Waals surface area (Å²) in [6.07, 6.45) is -0.278. The summed E-state index contributed by atoms with van der Waals surface area (Å²) in [5, 5.41) is 12.4. The fourth-order valence-corrected chi connectivity index (χ4v) is 11.4. The zero-order valence-electron chi connectivity index (χ0n) is 30.9. The smallest absolute Gasteiger partial charge is 0.205 e. The van der Waals surface area contributed by atoms with E-state index >= 15 is 0 Å². The maximum absolute atomic E-state index is 6.39. The van der Waals surface area contributed by atoms with Crippen LogP contribution in [0.2, 0.25) is 0 Å². The Labute approximate surface area is 340 Å². The van der Waals surface area contributed by atoms with Gasteiger partial charge in [-0.2, -0.15) is 0 Å². The lowest BCUT2D eigenvalue weighted by Crippen LogP contribution is -2.19. The lowest BCUT2D eigenvalue weighted by Gasteiger charge is -2.23. The van der Waals surface area contributed by atoms with Crippen LogP contribution in [0.25, 0.3) is 89.9 Å². The number of benzene rings is 8. The van der Waals surface area contributed by atoms with Gasteiger partial charge in [0.15, 0.2) is 0 Å². The van der Waals surface area contributed by atoms with Gasteiger partial charge in [-0.05, 0) is 77.4 Å². The van der Waals surface area contributed by atoms with E-state index in [-0.39, 0.29) is 6.17 Å². The number of nitrogens with zero attached hydrogens (tertiary/aromatic N) is 2. The third kappa shape index (κ3) is 4.76. The minimum Gasteiger partial charge on any atom is -0.440 e. The van der Waals surface area contributed by atoms with Crippen LogP contribution < -0.4 is 5.32 Å². The molecular formula is C52H31N3OS2. The van der Waals surface area contributed by atoms with E-state index in [1.54, 1.807) is 0 Å². The number of hydrogen-bond acceptors (Lipinski definition) is 5. The molecule has 1 unspecified atom stereocenters. The topological polar surface area (TPSA) is 42.5 Å². The molecule has 0 spiro atoms. The van der Waals surface area contributed by atoms with Gasteiger partial charge in [-0.3, -0.25) is 4.99 Å². The number of furan rings is 1. The first-order chi connectivity index (χ1) is 28.7. The number of rotatable bonds is 4. The summed E-state index contributed by atoms with van der Waals surface area (Å²) >= 11 is 3.71. The lowest BCUT2D eigenvalue weighted by atomic mass is 9.98. The molecule has 1 aliphatic rings. The Kier molecular flexibility index (Phi) is 6.79. The summed E-state index contributed by atoms with van der Waals surface area (Å²) in [7, 11) is 0. The van der Waals surface area contributed by atoms with Crippen molar-refractivity contribution in [3.63, 3.8) is 0 Å². The van der Waals surface area contributed by atoms with Crippen LogP contribution >= 0.6 is 22.7 Å². The minimum absolute atomic E-state index is 0.278. The van der Waals surface area contributed by atoms with E-state index in [9.17, 15) is 0 Å². The van der Waals surface area contributed by atoms with Crippen molar-refractivity contribution in [1.82, 2.24) is 4.57 Å². The first-order valence-electron chi connectivity index (χ1n) is 19.5. The molecule has 12 aromatic rings. The highest BCUT2D eigenvalue weighted by molar-refractivity contribution is 7.26. The molecule has 0 aliphatic carbocycles. The molecule has 0 amide bonds. The predicted molar refractivity (Wildman–Crippen MR) is 247 cm³/mol. The van der Waals surface area contributed by atoms with Crippen LogP contribution in [0.15, 0.2) is 185 Å². The van der Waals surface area contributed by atoms with Gasteiger partial charge in [0.05, 0.1) is 22.3 Å². The average Bonchev–Trinajstić information content (AvgIpc) is 4.04. The second-order valence-electron chi connectivity index (χ2n) is 15.1. The molecule has 58 heavy (non-hydrogen) atoms. The second-order valence-corrected chi connectivity index (χ2v) is 17.3. The molecule has 1 N–H and O–H groups in total. The number of thiophene rings is 2. The van der Waals surface area contributed by atoms with E-state index in [1.165, 1.54) is 79.0 Å². The van der Waals surface area contributed by atoms with E-state index in [0.29, 0.717) is 0 Å². The maximum atomic E-state index is 6.39. The van der Waals surface area contributed by atoms with Crippen molar-refractivity contribution in [2.75, 3.05) is 5.32 Å². The van der Waals surface area contributed by atoms with Gasteiger partial charge in [-0.1, -0.05) is 115 Å². The molecule has 6 heteroatoms. The number of fused-ring (bicyclic) bond motifs is 12. The van der Waals surface area contributed by atoms with Crippen molar-refractivity contribution in [3.05, 3.63) is 193 Å². The van der Waals surface area contributed by atoms with E-state index < -0.39 is 0 Å². The van der Waals surface area contributed by atoms with Crippen LogP contribution in [0.5, 0.6) is 0 Å². The third-order valence-corrected chi connectivity index (χ3v) is 14.1. The zero-order valence-corrected chi connectivity index (χ0v) is 32.6. The van der Waals surface area contributed by atoms with Crippen molar-refractivity contribution >= 4 is 107 Å². The van der Waals surface area contributed by atoms with Crippen LogP contribution in [0.1, 0.15) is 22.9 Å². The third-order valence-electron chi connectivity index (χ3n) is 11.8. The molecular weight excluding hydrogens is 747 g/mol. The summed E-state index contributed by atoms with van der Waals surface area (Å²) < 4.78 is 13.9. The molecule has 4 aromatic heterocycles. The molecule has 4 nitrogen and oxygen atoms in total. The van der Waals surface area contributed by atoms with Crippen LogP contribution in [0.4, 0.5) is 5.88 Å². The number of para-hydroxylation sites is 3. The molecule has 0 bridgehead atoms. The molecule has 272 valence electrons. The molecule has 0 saturated heterocycles. The fraction of sp³-hybridized carbons (Fsp3) is 0.0192. The number of anilines is 1. The van der Waals surface area contributed by atoms with Crippen LogP contribution in [0.3, 0.4) is 0 Å². The maximum Gasteiger partial charge on any atom is 0.205 e. The van der Waals surface area contributed by atoms with E-state index in [1.807, 2.05) is 40.9 Å².